The molecule has 27 heavy (non-hydrogen) atoms. The lowest BCUT2D eigenvalue weighted by Gasteiger charge is -2.27. The number of carbonyl (C=O) groups is 1. The van der Waals surface area contributed by atoms with Crippen molar-refractivity contribution in [2.24, 2.45) is 0 Å². The number of aromatic nitrogens is 1. The zero-order valence-corrected chi connectivity index (χ0v) is 15.4. The summed E-state index contributed by atoms with van der Waals surface area (Å²) in [6, 6.07) is 8.49. The molecule has 0 aliphatic carbocycles. The van der Waals surface area contributed by atoms with E-state index in [-0.39, 0.29) is 11.4 Å². The van der Waals surface area contributed by atoms with Gasteiger partial charge < -0.3 is 4.74 Å². The molecule has 8 nitrogen and oxygen atoms in total. The summed E-state index contributed by atoms with van der Waals surface area (Å²) in [4.78, 5) is 16.0. The Morgan fingerprint density at radius 2 is 1.74 bits per heavy atom. The van der Waals surface area contributed by atoms with Crippen LogP contribution in [0.25, 0.3) is 0 Å². The van der Waals surface area contributed by atoms with Crippen molar-refractivity contribution in [3.8, 4) is 11.5 Å². The van der Waals surface area contributed by atoms with Gasteiger partial charge in [0.25, 0.3) is 5.91 Å². The summed E-state index contributed by atoms with van der Waals surface area (Å²) in [6.07, 6.45) is 5.79. The molecule has 0 saturated carbocycles. The number of sulfonamides is 1. The Morgan fingerprint density at radius 3 is 2.41 bits per heavy atom. The molecule has 2 N–H and O–H groups in total. The molecule has 1 unspecified atom stereocenters. The first-order valence-corrected chi connectivity index (χ1v) is 10.1. The molecular formula is C18H21N3O5S. The van der Waals surface area contributed by atoms with Crippen LogP contribution in [0.2, 0.25) is 0 Å². The van der Waals surface area contributed by atoms with E-state index in [2.05, 4.69) is 4.98 Å². The number of nitrogens with one attached hydrogen (secondary N) is 1. The Kier molecular flexibility index (Phi) is 6.04. The zero-order valence-electron chi connectivity index (χ0n) is 14.6. The predicted octanol–water partition coefficient (Wildman–Crippen LogP) is 2.31. The Labute approximate surface area is 157 Å². The van der Waals surface area contributed by atoms with E-state index in [9.17, 15) is 13.2 Å². The van der Waals surface area contributed by atoms with Crippen LogP contribution in [0.3, 0.4) is 0 Å². The van der Waals surface area contributed by atoms with Crippen molar-refractivity contribution in [3.05, 3.63) is 48.8 Å². The van der Waals surface area contributed by atoms with E-state index in [1.807, 2.05) is 0 Å². The van der Waals surface area contributed by atoms with E-state index in [4.69, 9.17) is 9.94 Å². The fraction of sp³-hybridized carbons (Fsp3) is 0.333. The van der Waals surface area contributed by atoms with Crippen LogP contribution in [0.4, 0.5) is 0 Å². The number of nitrogens with zero attached hydrogens (tertiary/aromatic N) is 2. The zero-order chi connectivity index (χ0) is 19.3. The Balaban J connectivity index is 1.83. The number of amides is 1. The molecule has 1 atom stereocenters. The van der Waals surface area contributed by atoms with Gasteiger partial charge in [-0.2, -0.15) is 4.31 Å². The minimum atomic E-state index is -3.88. The predicted molar refractivity (Wildman–Crippen MR) is 96.8 cm³/mol. The van der Waals surface area contributed by atoms with Gasteiger partial charge in [0.05, 0.1) is 4.90 Å². The number of rotatable bonds is 5. The second kappa shape index (κ2) is 8.47. The van der Waals surface area contributed by atoms with E-state index in [0.717, 1.165) is 12.8 Å². The summed E-state index contributed by atoms with van der Waals surface area (Å²) in [6.45, 7) is 0.232. The molecule has 0 radical (unpaired) electrons. The molecule has 1 aliphatic rings. The van der Waals surface area contributed by atoms with Crippen molar-refractivity contribution in [3.63, 3.8) is 0 Å². The van der Waals surface area contributed by atoms with E-state index in [1.165, 1.54) is 16.4 Å². The fourth-order valence-electron chi connectivity index (χ4n) is 3.06. The lowest BCUT2D eigenvalue weighted by atomic mass is 10.1. The number of carbonyl (C=O) groups excluding carboxylic acids is 1. The molecule has 0 bridgehead atoms. The third-order valence-electron chi connectivity index (χ3n) is 4.43. The highest BCUT2D eigenvalue weighted by Gasteiger charge is 2.36. The molecule has 1 fully saturated rings. The van der Waals surface area contributed by atoms with Gasteiger partial charge >= 0.3 is 0 Å². The minimum absolute atomic E-state index is 0.0715. The normalized spacial score (nSPS) is 18.5. The molecule has 9 heteroatoms. The van der Waals surface area contributed by atoms with Gasteiger partial charge in [0.2, 0.25) is 10.0 Å². The number of hydroxylamine groups is 1. The maximum Gasteiger partial charge on any atom is 0.261 e. The van der Waals surface area contributed by atoms with Crippen LogP contribution in [-0.2, 0) is 14.8 Å². The lowest BCUT2D eigenvalue weighted by molar-refractivity contribution is -0.133. The summed E-state index contributed by atoms with van der Waals surface area (Å²) in [7, 11) is -3.88. The largest absolute Gasteiger partial charge is 0.457 e. The second-order valence-electron chi connectivity index (χ2n) is 6.21. The van der Waals surface area contributed by atoms with Crippen LogP contribution in [-0.4, -0.2) is 41.4 Å². The summed E-state index contributed by atoms with van der Waals surface area (Å²) < 4.78 is 32.9. The van der Waals surface area contributed by atoms with Crippen LogP contribution >= 0.6 is 0 Å². The lowest BCUT2D eigenvalue weighted by Crippen LogP contribution is -2.48. The molecule has 1 aromatic heterocycles. The standard InChI is InChI=1S/C18H21N3O5S/c22-18(20-23)17-4-2-1-3-13-21(17)27(24,25)16-7-5-14(6-8-16)26-15-9-11-19-12-10-15/h5-12,17,23H,1-4,13H2,(H,20,22). The number of benzene rings is 1. The molecule has 1 amide bonds. The van der Waals surface area contributed by atoms with E-state index >= 15 is 0 Å². The average molecular weight is 391 g/mol. The first-order valence-electron chi connectivity index (χ1n) is 8.66. The van der Waals surface area contributed by atoms with Gasteiger partial charge in [-0.05, 0) is 49.2 Å². The highest BCUT2D eigenvalue weighted by molar-refractivity contribution is 7.89. The van der Waals surface area contributed by atoms with Gasteiger partial charge in [-0.25, -0.2) is 13.9 Å². The maximum atomic E-state index is 13.1. The van der Waals surface area contributed by atoms with Gasteiger partial charge in [-0.1, -0.05) is 12.8 Å². The van der Waals surface area contributed by atoms with Crippen molar-refractivity contribution < 1.29 is 23.2 Å². The second-order valence-corrected chi connectivity index (χ2v) is 8.10. The van der Waals surface area contributed by atoms with Crippen LogP contribution in [0.1, 0.15) is 25.7 Å². The number of hydrogen-bond acceptors (Lipinski definition) is 6. The smallest absolute Gasteiger partial charge is 0.261 e. The summed E-state index contributed by atoms with van der Waals surface area (Å²) >= 11 is 0. The molecule has 1 aliphatic heterocycles. The van der Waals surface area contributed by atoms with Crippen molar-refractivity contribution >= 4 is 15.9 Å². The summed E-state index contributed by atoms with van der Waals surface area (Å²) in [5, 5.41) is 8.97. The molecule has 3 rings (SSSR count). The molecular weight excluding hydrogens is 370 g/mol. The van der Waals surface area contributed by atoms with E-state index in [1.54, 1.807) is 42.1 Å². The first-order chi connectivity index (χ1) is 13.0. The van der Waals surface area contributed by atoms with Gasteiger partial charge in [0.1, 0.15) is 17.5 Å². The molecule has 2 heterocycles. The minimum Gasteiger partial charge on any atom is -0.457 e. The summed E-state index contributed by atoms with van der Waals surface area (Å²) in [5.74, 6) is 0.367. The maximum absolute atomic E-state index is 13.1. The van der Waals surface area contributed by atoms with Crippen LogP contribution in [0, 0.1) is 0 Å². The SMILES string of the molecule is O=C(NO)C1CCCCCN1S(=O)(=O)c1ccc(Oc2ccncc2)cc1. The van der Waals surface area contributed by atoms with Crippen molar-refractivity contribution in [2.45, 2.75) is 36.6 Å². The molecule has 1 aromatic carbocycles. The van der Waals surface area contributed by atoms with Crippen molar-refractivity contribution in [2.75, 3.05) is 6.54 Å². The van der Waals surface area contributed by atoms with Crippen molar-refractivity contribution in [1.82, 2.24) is 14.8 Å². The Morgan fingerprint density at radius 1 is 1.07 bits per heavy atom. The fourth-order valence-corrected chi connectivity index (χ4v) is 4.72. The van der Waals surface area contributed by atoms with Gasteiger partial charge in [-0.3, -0.25) is 15.0 Å². The van der Waals surface area contributed by atoms with Crippen LogP contribution in [0.15, 0.2) is 53.7 Å². The number of ether oxygens (including phenoxy) is 1. The van der Waals surface area contributed by atoms with Crippen LogP contribution < -0.4 is 10.2 Å². The van der Waals surface area contributed by atoms with Crippen molar-refractivity contribution in [1.29, 1.82) is 0 Å². The van der Waals surface area contributed by atoms with E-state index in [0.29, 0.717) is 24.3 Å². The van der Waals surface area contributed by atoms with Crippen LogP contribution in [0.5, 0.6) is 11.5 Å². The number of hydrogen-bond donors (Lipinski definition) is 2. The highest BCUT2D eigenvalue weighted by Crippen LogP contribution is 2.27. The van der Waals surface area contributed by atoms with Gasteiger partial charge in [0, 0.05) is 18.9 Å². The summed E-state index contributed by atoms with van der Waals surface area (Å²) in [5.41, 5.74) is 1.58. The molecule has 1 saturated heterocycles. The number of pyridine rings is 1. The first kappa shape index (κ1) is 19.3. The van der Waals surface area contributed by atoms with Gasteiger partial charge in [-0.15, -0.1) is 0 Å². The third-order valence-corrected chi connectivity index (χ3v) is 6.35. The topological polar surface area (TPSA) is 109 Å². The average Bonchev–Trinajstić information content (AvgIpc) is 2.95. The highest BCUT2D eigenvalue weighted by atomic mass is 32.2. The van der Waals surface area contributed by atoms with Gasteiger partial charge in [0.15, 0.2) is 0 Å². The van der Waals surface area contributed by atoms with E-state index < -0.39 is 22.0 Å². The third kappa shape index (κ3) is 4.44. The molecule has 144 valence electrons. The molecule has 0 spiro atoms. The quantitative estimate of drug-likeness (QED) is 0.598. The molecule has 2 aromatic rings. The Hall–Kier alpha value is -2.49. The Bertz CT molecular complexity index is 872. The monoisotopic (exact) mass is 391 g/mol.